The van der Waals surface area contributed by atoms with Crippen LogP contribution in [-0.4, -0.2) is 38.5 Å². The Morgan fingerprint density at radius 2 is 1.87 bits per heavy atom. The summed E-state index contributed by atoms with van der Waals surface area (Å²) in [5, 5.41) is 11.3. The van der Waals surface area contributed by atoms with Gasteiger partial charge in [-0.05, 0) is 56.3 Å². The van der Waals surface area contributed by atoms with Crippen LogP contribution in [0.4, 0.5) is 5.69 Å². The molecule has 5 rings (SSSR count). The van der Waals surface area contributed by atoms with Crippen molar-refractivity contribution in [2.45, 2.75) is 51.1 Å². The first-order valence-corrected chi connectivity index (χ1v) is 11.1. The first-order chi connectivity index (χ1) is 14.7. The van der Waals surface area contributed by atoms with Gasteiger partial charge in [0.2, 0.25) is 0 Å². The van der Waals surface area contributed by atoms with Crippen LogP contribution in [0.1, 0.15) is 43.5 Å². The van der Waals surface area contributed by atoms with Crippen molar-refractivity contribution >= 4 is 16.7 Å². The number of aromatic nitrogens is 2. The third-order valence-corrected chi connectivity index (χ3v) is 6.87. The van der Waals surface area contributed by atoms with Crippen LogP contribution in [-0.2, 0) is 13.0 Å². The molecule has 0 radical (unpaired) electrons. The maximum atomic E-state index is 11.3. The Labute approximate surface area is 176 Å². The van der Waals surface area contributed by atoms with Gasteiger partial charge in [0, 0.05) is 31.1 Å². The van der Waals surface area contributed by atoms with Crippen molar-refractivity contribution in [3.05, 3.63) is 70.0 Å². The summed E-state index contributed by atoms with van der Waals surface area (Å²) >= 11 is 0. The summed E-state index contributed by atoms with van der Waals surface area (Å²) in [5.74, 6) is 1.62. The van der Waals surface area contributed by atoms with Crippen molar-refractivity contribution in [3.63, 3.8) is 0 Å². The Morgan fingerprint density at radius 3 is 2.70 bits per heavy atom. The van der Waals surface area contributed by atoms with E-state index in [1.807, 2.05) is 24.3 Å². The van der Waals surface area contributed by atoms with Gasteiger partial charge in [-0.1, -0.05) is 36.8 Å². The molecule has 3 heterocycles. The van der Waals surface area contributed by atoms with Crippen LogP contribution in [0, 0.1) is 16.0 Å². The van der Waals surface area contributed by atoms with Gasteiger partial charge in [0.05, 0.1) is 16.0 Å². The monoisotopic (exact) mass is 404 g/mol. The number of rotatable bonds is 5. The van der Waals surface area contributed by atoms with Gasteiger partial charge in [0.1, 0.15) is 5.82 Å². The number of imidazole rings is 1. The largest absolute Gasteiger partial charge is 0.327 e. The fourth-order valence-corrected chi connectivity index (χ4v) is 5.42. The number of hydrogen-bond acceptors (Lipinski definition) is 4. The quantitative estimate of drug-likeness (QED) is 0.453. The average molecular weight is 405 g/mol. The molecule has 156 valence electrons. The van der Waals surface area contributed by atoms with Gasteiger partial charge in [-0.15, -0.1) is 0 Å². The van der Waals surface area contributed by atoms with Crippen molar-refractivity contribution in [2.24, 2.45) is 5.92 Å². The molecule has 1 aromatic heterocycles. The topological polar surface area (TPSA) is 64.2 Å². The Kier molecular flexibility index (Phi) is 5.25. The van der Waals surface area contributed by atoms with Gasteiger partial charge >= 0.3 is 0 Å². The number of nitrogens with zero attached hydrogens (tertiary/aromatic N) is 4. The number of nitro benzene ring substituents is 1. The second-order valence-corrected chi connectivity index (χ2v) is 8.73. The van der Waals surface area contributed by atoms with Gasteiger partial charge in [0.25, 0.3) is 5.69 Å². The smallest absolute Gasteiger partial charge is 0.271 e. The number of nitro groups is 1. The SMILES string of the molecule is O=[N+]([O-])c1ccc2c(c1)nc(Cc1ccccc1)n2C[C@@H]1CCCN2CCCCC12. The molecular formula is C24H28N4O2. The lowest BCUT2D eigenvalue weighted by Gasteiger charge is -2.44. The highest BCUT2D eigenvalue weighted by Gasteiger charge is 2.33. The lowest BCUT2D eigenvalue weighted by molar-refractivity contribution is -0.384. The number of non-ortho nitro benzene ring substituents is 1. The Hall–Kier alpha value is -2.73. The molecule has 30 heavy (non-hydrogen) atoms. The van der Waals surface area contributed by atoms with Crippen LogP contribution >= 0.6 is 0 Å². The van der Waals surface area contributed by atoms with E-state index in [2.05, 4.69) is 21.6 Å². The number of hydrogen-bond donors (Lipinski definition) is 0. The van der Waals surface area contributed by atoms with Crippen molar-refractivity contribution in [3.8, 4) is 0 Å². The first-order valence-electron chi connectivity index (χ1n) is 11.1. The third-order valence-electron chi connectivity index (χ3n) is 6.87. The minimum Gasteiger partial charge on any atom is -0.327 e. The Bertz CT molecular complexity index is 1040. The van der Waals surface area contributed by atoms with Crippen molar-refractivity contribution < 1.29 is 4.92 Å². The molecule has 0 bridgehead atoms. The predicted octanol–water partition coefficient (Wildman–Crippen LogP) is 4.80. The number of fused-ring (bicyclic) bond motifs is 2. The number of piperidine rings is 2. The first kappa shape index (κ1) is 19.2. The molecule has 3 aromatic rings. The highest BCUT2D eigenvalue weighted by molar-refractivity contribution is 5.79. The van der Waals surface area contributed by atoms with E-state index in [4.69, 9.17) is 4.98 Å². The normalized spacial score (nSPS) is 22.1. The minimum absolute atomic E-state index is 0.106. The molecule has 0 amide bonds. The van der Waals surface area contributed by atoms with Gasteiger partial charge in [-0.2, -0.15) is 0 Å². The predicted molar refractivity (Wildman–Crippen MR) is 118 cm³/mol. The lowest BCUT2D eigenvalue weighted by atomic mass is 9.83. The highest BCUT2D eigenvalue weighted by atomic mass is 16.6. The van der Waals surface area contributed by atoms with E-state index in [9.17, 15) is 10.1 Å². The van der Waals surface area contributed by atoms with Crippen LogP contribution in [0.15, 0.2) is 48.5 Å². The molecule has 2 fully saturated rings. The third kappa shape index (κ3) is 3.72. The van der Waals surface area contributed by atoms with Crippen LogP contribution in [0.2, 0.25) is 0 Å². The molecule has 6 nitrogen and oxygen atoms in total. The molecule has 2 aliphatic heterocycles. The maximum Gasteiger partial charge on any atom is 0.271 e. The zero-order valence-corrected chi connectivity index (χ0v) is 17.2. The molecule has 2 saturated heterocycles. The standard InChI is InChI=1S/C24H28N4O2/c29-28(30)20-11-12-23-21(16-20)25-24(15-18-7-2-1-3-8-18)27(23)17-19-9-6-14-26-13-5-4-10-22(19)26/h1-3,7-8,11-12,16,19,22H,4-6,9-10,13-15,17H2/t19-,22?/m0/s1. The van der Waals surface area contributed by atoms with E-state index < -0.39 is 0 Å². The Balaban J connectivity index is 1.52. The van der Waals surface area contributed by atoms with Gasteiger partial charge in [-0.25, -0.2) is 4.98 Å². The molecule has 2 atom stereocenters. The maximum absolute atomic E-state index is 11.3. The van der Waals surface area contributed by atoms with E-state index >= 15 is 0 Å². The molecule has 0 saturated carbocycles. The van der Waals surface area contributed by atoms with E-state index in [1.165, 1.54) is 50.8 Å². The summed E-state index contributed by atoms with van der Waals surface area (Å²) in [5.41, 5.74) is 3.06. The van der Waals surface area contributed by atoms with E-state index in [1.54, 1.807) is 12.1 Å². The van der Waals surface area contributed by atoms with Crippen LogP contribution in [0.3, 0.4) is 0 Å². The van der Waals surface area contributed by atoms with E-state index in [0.717, 1.165) is 29.8 Å². The number of benzene rings is 2. The molecule has 0 aliphatic carbocycles. The highest BCUT2D eigenvalue weighted by Crippen LogP contribution is 2.33. The minimum atomic E-state index is -0.337. The summed E-state index contributed by atoms with van der Waals surface area (Å²) < 4.78 is 2.34. The fraction of sp³-hybridized carbons (Fsp3) is 0.458. The van der Waals surface area contributed by atoms with Gasteiger partial charge < -0.3 is 9.47 Å². The molecule has 0 N–H and O–H groups in total. The molecule has 2 aliphatic rings. The zero-order chi connectivity index (χ0) is 20.5. The second-order valence-electron chi connectivity index (χ2n) is 8.73. The summed E-state index contributed by atoms with van der Waals surface area (Å²) in [6, 6.07) is 16.1. The van der Waals surface area contributed by atoms with Crippen molar-refractivity contribution in [1.82, 2.24) is 14.5 Å². The van der Waals surface area contributed by atoms with Crippen LogP contribution in [0.5, 0.6) is 0 Å². The Morgan fingerprint density at radius 1 is 1.03 bits per heavy atom. The molecule has 0 spiro atoms. The van der Waals surface area contributed by atoms with Gasteiger partial charge in [-0.3, -0.25) is 10.1 Å². The zero-order valence-electron chi connectivity index (χ0n) is 17.2. The summed E-state index contributed by atoms with van der Waals surface area (Å²) in [4.78, 5) is 18.5. The summed E-state index contributed by atoms with van der Waals surface area (Å²) in [7, 11) is 0. The van der Waals surface area contributed by atoms with Crippen LogP contribution in [0.25, 0.3) is 11.0 Å². The van der Waals surface area contributed by atoms with Crippen molar-refractivity contribution in [2.75, 3.05) is 13.1 Å². The summed E-state index contributed by atoms with van der Waals surface area (Å²) in [6.45, 7) is 3.40. The molecule has 2 aromatic carbocycles. The molecular weight excluding hydrogens is 376 g/mol. The lowest BCUT2D eigenvalue weighted by Crippen LogP contribution is -2.49. The fourth-order valence-electron chi connectivity index (χ4n) is 5.42. The van der Waals surface area contributed by atoms with Crippen LogP contribution < -0.4 is 0 Å². The van der Waals surface area contributed by atoms with Crippen molar-refractivity contribution in [1.29, 1.82) is 0 Å². The van der Waals surface area contributed by atoms with Gasteiger partial charge in [0.15, 0.2) is 0 Å². The molecule has 1 unspecified atom stereocenters. The van der Waals surface area contributed by atoms with E-state index in [0.29, 0.717) is 12.0 Å². The second kappa shape index (κ2) is 8.19. The average Bonchev–Trinajstić information content (AvgIpc) is 3.11. The summed E-state index contributed by atoms with van der Waals surface area (Å²) in [6.07, 6.45) is 7.18. The van der Waals surface area contributed by atoms with E-state index in [-0.39, 0.29) is 10.6 Å². The molecule has 6 heteroatoms.